The van der Waals surface area contributed by atoms with E-state index < -0.39 is 0 Å². The Labute approximate surface area is 144 Å². The van der Waals surface area contributed by atoms with Gasteiger partial charge in [-0.15, -0.1) is 0 Å². The second kappa shape index (κ2) is 7.55. The van der Waals surface area contributed by atoms with E-state index in [0.29, 0.717) is 0 Å². The van der Waals surface area contributed by atoms with E-state index in [4.69, 9.17) is 0 Å². The van der Waals surface area contributed by atoms with Crippen LogP contribution >= 0.6 is 25.3 Å². The first-order valence-corrected chi connectivity index (χ1v) is 8.32. The predicted octanol–water partition coefficient (Wildman–Crippen LogP) is 3.56. The quantitative estimate of drug-likeness (QED) is 0.352. The molecule has 4 heteroatoms. The van der Waals surface area contributed by atoms with Crippen molar-refractivity contribution in [1.82, 2.24) is 10.9 Å². The Balaban J connectivity index is 1.77. The van der Waals surface area contributed by atoms with Gasteiger partial charge in [0.25, 0.3) is 0 Å². The lowest BCUT2D eigenvalue weighted by Crippen LogP contribution is -2.34. The smallest absolute Gasteiger partial charge is 0.0466 e. The number of nitrogens with one attached hydrogen (secondary N) is 2. The number of hydrazine groups is 1. The molecule has 0 heterocycles. The highest BCUT2D eigenvalue weighted by atomic mass is 32.1. The molecular weight excluding hydrogens is 308 g/mol. The van der Waals surface area contributed by atoms with Crippen LogP contribution < -0.4 is 10.9 Å². The zero-order valence-corrected chi connectivity index (χ0v) is 14.9. The topological polar surface area (TPSA) is 24.1 Å². The van der Waals surface area contributed by atoms with Crippen molar-refractivity contribution in [3.05, 3.63) is 71.9 Å². The summed E-state index contributed by atoms with van der Waals surface area (Å²) in [5, 5.41) is 0. The van der Waals surface area contributed by atoms with Crippen LogP contribution in [0.4, 0.5) is 0 Å². The fourth-order valence-corrected chi connectivity index (χ4v) is 2.39. The average molecular weight is 333 g/mol. The van der Waals surface area contributed by atoms with Crippen LogP contribution in [0, 0.1) is 0 Å². The van der Waals surface area contributed by atoms with Crippen LogP contribution in [0.1, 0.15) is 13.8 Å². The van der Waals surface area contributed by atoms with Gasteiger partial charge in [-0.05, 0) is 25.0 Å². The first-order valence-electron chi connectivity index (χ1n) is 7.42. The summed E-state index contributed by atoms with van der Waals surface area (Å²) >= 11 is 9.12. The van der Waals surface area contributed by atoms with Crippen molar-refractivity contribution >= 4 is 25.3 Å². The van der Waals surface area contributed by atoms with Crippen LogP contribution in [-0.2, 0) is 0 Å². The molecule has 0 saturated carbocycles. The van der Waals surface area contributed by atoms with Crippen LogP contribution in [0.25, 0.3) is 0 Å². The molecule has 0 aliphatic heterocycles. The van der Waals surface area contributed by atoms with E-state index in [1.165, 1.54) is 11.1 Å². The number of thiol groups is 2. The molecular formula is C18H24N2S2. The van der Waals surface area contributed by atoms with Crippen LogP contribution in [-0.4, -0.2) is 22.6 Å². The Morgan fingerprint density at radius 2 is 1.18 bits per heavy atom. The zero-order chi connectivity index (χ0) is 16.1. The molecule has 2 aliphatic rings. The summed E-state index contributed by atoms with van der Waals surface area (Å²) in [4.78, 5) is 0. The molecule has 0 saturated heterocycles. The molecule has 2 nitrogen and oxygen atoms in total. The molecule has 2 atom stereocenters. The van der Waals surface area contributed by atoms with Gasteiger partial charge in [0.2, 0.25) is 0 Å². The van der Waals surface area contributed by atoms with Gasteiger partial charge in [-0.2, -0.15) is 25.3 Å². The minimum absolute atomic E-state index is 0.173. The zero-order valence-electron chi connectivity index (χ0n) is 13.1. The fourth-order valence-electron chi connectivity index (χ4n) is 2.07. The van der Waals surface area contributed by atoms with Crippen LogP contribution in [0.3, 0.4) is 0 Å². The van der Waals surface area contributed by atoms with Crippen molar-refractivity contribution in [3.8, 4) is 0 Å². The largest absolute Gasteiger partial charge is 0.253 e. The molecule has 0 radical (unpaired) electrons. The van der Waals surface area contributed by atoms with Crippen molar-refractivity contribution in [2.24, 2.45) is 0 Å². The molecule has 0 aromatic heterocycles. The normalized spacial score (nSPS) is 30.7. The summed E-state index contributed by atoms with van der Waals surface area (Å²) in [5.41, 5.74) is 8.94. The van der Waals surface area contributed by atoms with E-state index in [2.05, 4.69) is 111 Å². The van der Waals surface area contributed by atoms with Crippen molar-refractivity contribution in [3.63, 3.8) is 0 Å². The van der Waals surface area contributed by atoms with E-state index in [1.54, 1.807) is 0 Å². The summed E-state index contributed by atoms with van der Waals surface area (Å²) in [6.45, 7) is 5.67. The van der Waals surface area contributed by atoms with Gasteiger partial charge in [0.1, 0.15) is 0 Å². The van der Waals surface area contributed by atoms with Gasteiger partial charge < -0.3 is 0 Å². The molecule has 2 unspecified atom stereocenters. The van der Waals surface area contributed by atoms with Gasteiger partial charge in [0.15, 0.2) is 0 Å². The number of allylic oxidation sites excluding steroid dienone is 4. The SMILES string of the molecule is CC1(S)C=CC=C(CNNCC2=CC=CC(C)(S)C=C2)C=C1. The second-order valence-corrected chi connectivity index (χ2v) is 7.95. The molecule has 0 spiro atoms. The van der Waals surface area contributed by atoms with E-state index >= 15 is 0 Å². The molecule has 118 valence electrons. The van der Waals surface area contributed by atoms with Crippen molar-refractivity contribution in [2.45, 2.75) is 23.3 Å². The van der Waals surface area contributed by atoms with Crippen molar-refractivity contribution in [2.75, 3.05) is 13.1 Å². The molecule has 22 heavy (non-hydrogen) atoms. The second-order valence-electron chi connectivity index (χ2n) is 6.03. The van der Waals surface area contributed by atoms with Crippen molar-refractivity contribution < 1.29 is 0 Å². The standard InChI is InChI=1S/C18H24N2S2/c1-17(21)9-3-5-15(7-11-17)13-19-20-14-16-6-4-10-18(2,22)12-8-16/h3-12,19-22H,13-14H2,1-2H3. The van der Waals surface area contributed by atoms with E-state index in [-0.39, 0.29) is 9.49 Å². The Morgan fingerprint density at radius 1 is 0.773 bits per heavy atom. The van der Waals surface area contributed by atoms with E-state index in [1.807, 2.05) is 0 Å². The molecule has 0 amide bonds. The van der Waals surface area contributed by atoms with Gasteiger partial charge in [0, 0.05) is 22.6 Å². The van der Waals surface area contributed by atoms with Crippen LogP contribution in [0.5, 0.6) is 0 Å². The lowest BCUT2D eigenvalue weighted by Gasteiger charge is -2.12. The maximum atomic E-state index is 4.56. The fraction of sp³-hybridized carbons (Fsp3) is 0.333. The highest BCUT2D eigenvalue weighted by Gasteiger charge is 2.12. The maximum absolute atomic E-state index is 4.56. The summed E-state index contributed by atoms with van der Waals surface area (Å²) in [6.07, 6.45) is 20.9. The van der Waals surface area contributed by atoms with Gasteiger partial charge in [-0.1, -0.05) is 60.8 Å². The van der Waals surface area contributed by atoms with E-state index in [9.17, 15) is 0 Å². The van der Waals surface area contributed by atoms with Gasteiger partial charge in [-0.3, -0.25) is 10.9 Å². The molecule has 2 N–H and O–H groups in total. The number of rotatable bonds is 5. The summed E-state index contributed by atoms with van der Waals surface area (Å²) in [7, 11) is 0. The summed E-state index contributed by atoms with van der Waals surface area (Å²) < 4.78 is -0.346. The predicted molar refractivity (Wildman–Crippen MR) is 104 cm³/mol. The summed E-state index contributed by atoms with van der Waals surface area (Å²) in [6, 6.07) is 0. The Kier molecular flexibility index (Phi) is 5.98. The average Bonchev–Trinajstić information content (AvgIpc) is 2.71. The molecule has 0 aromatic rings. The molecule has 0 fully saturated rings. The number of hydrogen-bond donors (Lipinski definition) is 4. The van der Waals surface area contributed by atoms with Gasteiger partial charge in [0.05, 0.1) is 0 Å². The van der Waals surface area contributed by atoms with Gasteiger partial charge >= 0.3 is 0 Å². The Morgan fingerprint density at radius 3 is 1.59 bits per heavy atom. The van der Waals surface area contributed by atoms with Crippen molar-refractivity contribution in [1.29, 1.82) is 0 Å². The number of hydrogen-bond acceptors (Lipinski definition) is 4. The van der Waals surface area contributed by atoms with Crippen LogP contribution in [0.15, 0.2) is 71.9 Å². The summed E-state index contributed by atoms with van der Waals surface area (Å²) in [5.74, 6) is 0. The van der Waals surface area contributed by atoms with Crippen LogP contribution in [0.2, 0.25) is 0 Å². The third kappa shape index (κ3) is 6.05. The molecule has 0 bridgehead atoms. The minimum atomic E-state index is -0.173. The maximum Gasteiger partial charge on any atom is 0.0466 e. The van der Waals surface area contributed by atoms with E-state index in [0.717, 1.165) is 13.1 Å². The molecule has 2 aliphatic carbocycles. The first-order chi connectivity index (χ1) is 10.4. The Hall–Kier alpha value is -0.940. The minimum Gasteiger partial charge on any atom is -0.253 e. The first kappa shape index (κ1) is 17.4. The molecule has 2 rings (SSSR count). The van der Waals surface area contributed by atoms with Gasteiger partial charge in [-0.25, -0.2) is 0 Å². The Bertz CT molecular complexity index is 524. The highest BCUT2D eigenvalue weighted by Crippen LogP contribution is 2.21. The lowest BCUT2D eigenvalue weighted by atomic mass is 10.1. The highest BCUT2D eigenvalue weighted by molar-refractivity contribution is 7.82. The third-order valence-corrected chi connectivity index (χ3v) is 4.06. The molecule has 0 aromatic carbocycles. The monoisotopic (exact) mass is 332 g/mol. The third-order valence-electron chi connectivity index (χ3n) is 3.47. The lowest BCUT2D eigenvalue weighted by molar-refractivity contribution is 0.596.